The first-order valence-corrected chi connectivity index (χ1v) is 8.19. The van der Waals surface area contributed by atoms with Crippen LogP contribution >= 0.6 is 0 Å². The minimum Gasteiger partial charge on any atom is -0.504 e. The van der Waals surface area contributed by atoms with Gasteiger partial charge in [0.2, 0.25) is 0 Å². The van der Waals surface area contributed by atoms with Crippen molar-refractivity contribution in [2.24, 2.45) is 0 Å². The largest absolute Gasteiger partial charge is 0.504 e. The lowest BCUT2D eigenvalue weighted by Gasteiger charge is -2.26. The summed E-state index contributed by atoms with van der Waals surface area (Å²) in [5.41, 5.74) is 0.978. The van der Waals surface area contributed by atoms with E-state index in [1.54, 1.807) is 0 Å². The molecule has 3 rings (SSSR count). The van der Waals surface area contributed by atoms with Crippen LogP contribution in [0.3, 0.4) is 0 Å². The Morgan fingerprint density at radius 2 is 2.19 bits per heavy atom. The highest BCUT2D eigenvalue weighted by Gasteiger charge is 2.31. The molecule has 1 saturated carbocycles. The first-order valence-electron chi connectivity index (χ1n) is 8.19. The Labute approximate surface area is 127 Å². The van der Waals surface area contributed by atoms with E-state index in [0.29, 0.717) is 30.2 Å². The number of rotatable bonds is 7. The molecule has 2 fully saturated rings. The van der Waals surface area contributed by atoms with Crippen molar-refractivity contribution in [1.29, 1.82) is 0 Å². The Balaban J connectivity index is 1.68. The summed E-state index contributed by atoms with van der Waals surface area (Å²) in [6.45, 7) is 5.57. The van der Waals surface area contributed by atoms with E-state index in [9.17, 15) is 5.11 Å². The molecule has 1 heterocycles. The third-order valence-electron chi connectivity index (χ3n) is 4.44. The number of phenols is 1. The minimum atomic E-state index is 0.310. The molecule has 0 amide bonds. The number of benzene rings is 1. The van der Waals surface area contributed by atoms with E-state index in [1.165, 1.54) is 25.7 Å². The smallest absolute Gasteiger partial charge is 0.162 e. The second-order valence-electron chi connectivity index (χ2n) is 6.15. The second-order valence-corrected chi connectivity index (χ2v) is 6.15. The predicted molar refractivity (Wildman–Crippen MR) is 83.7 cm³/mol. The van der Waals surface area contributed by atoms with Gasteiger partial charge in [-0.15, -0.1) is 0 Å². The second kappa shape index (κ2) is 6.67. The number of hydrogen-bond donors (Lipinski definition) is 2. The molecule has 1 unspecified atom stereocenters. The molecule has 4 heteroatoms. The molecular formula is C17H26N2O2. The monoisotopic (exact) mass is 290 g/mol. The van der Waals surface area contributed by atoms with Gasteiger partial charge in [-0.2, -0.15) is 0 Å². The van der Waals surface area contributed by atoms with Gasteiger partial charge in [-0.25, -0.2) is 0 Å². The summed E-state index contributed by atoms with van der Waals surface area (Å²) in [5.74, 6) is 0.911. The summed E-state index contributed by atoms with van der Waals surface area (Å²) in [6, 6.07) is 7.13. The van der Waals surface area contributed by atoms with Gasteiger partial charge >= 0.3 is 0 Å². The average molecular weight is 290 g/mol. The summed E-state index contributed by atoms with van der Waals surface area (Å²) < 4.78 is 5.49. The molecule has 1 saturated heterocycles. The fourth-order valence-corrected chi connectivity index (χ4v) is 3.16. The third-order valence-corrected chi connectivity index (χ3v) is 4.44. The van der Waals surface area contributed by atoms with Crippen LogP contribution in [0.5, 0.6) is 11.5 Å². The first-order chi connectivity index (χ1) is 10.3. The molecule has 1 aromatic carbocycles. The highest BCUT2D eigenvalue weighted by molar-refractivity contribution is 5.45. The van der Waals surface area contributed by atoms with Crippen molar-refractivity contribution in [2.75, 3.05) is 19.7 Å². The van der Waals surface area contributed by atoms with Crippen molar-refractivity contribution in [3.8, 4) is 11.5 Å². The molecule has 0 spiro atoms. The van der Waals surface area contributed by atoms with E-state index in [1.807, 2.05) is 25.1 Å². The number of ether oxygens (including phenoxy) is 1. The van der Waals surface area contributed by atoms with Gasteiger partial charge < -0.3 is 15.2 Å². The Hall–Kier alpha value is -1.26. The molecule has 2 N–H and O–H groups in total. The summed E-state index contributed by atoms with van der Waals surface area (Å²) in [4.78, 5) is 2.52. The van der Waals surface area contributed by atoms with Crippen molar-refractivity contribution in [3.63, 3.8) is 0 Å². The molecule has 0 radical (unpaired) electrons. The fraction of sp³-hybridized carbons (Fsp3) is 0.647. The van der Waals surface area contributed by atoms with Crippen molar-refractivity contribution < 1.29 is 9.84 Å². The lowest BCUT2D eigenvalue weighted by molar-refractivity contribution is 0.227. The van der Waals surface area contributed by atoms with E-state index in [4.69, 9.17) is 4.74 Å². The van der Waals surface area contributed by atoms with Gasteiger partial charge in [0.15, 0.2) is 11.5 Å². The fourth-order valence-electron chi connectivity index (χ4n) is 3.16. The maximum absolute atomic E-state index is 10.4. The van der Waals surface area contributed by atoms with Gasteiger partial charge in [-0.05, 0) is 45.2 Å². The van der Waals surface area contributed by atoms with Crippen LogP contribution < -0.4 is 10.1 Å². The van der Waals surface area contributed by atoms with Crippen LogP contribution in [0.25, 0.3) is 0 Å². The number of aromatic hydroxyl groups is 1. The molecular weight excluding hydrogens is 264 g/mol. The highest BCUT2D eigenvalue weighted by atomic mass is 16.5. The zero-order chi connectivity index (χ0) is 14.7. The SMILES string of the molecule is CCOc1cccc(CN(CC2CCCN2)C2CC2)c1O. The molecule has 1 aliphatic carbocycles. The van der Waals surface area contributed by atoms with Crippen molar-refractivity contribution in [2.45, 2.75) is 51.2 Å². The van der Waals surface area contributed by atoms with Crippen LogP contribution in [0.15, 0.2) is 18.2 Å². The third kappa shape index (κ3) is 3.69. The molecule has 21 heavy (non-hydrogen) atoms. The zero-order valence-corrected chi connectivity index (χ0v) is 12.8. The number of hydrogen-bond acceptors (Lipinski definition) is 4. The van der Waals surface area contributed by atoms with Gasteiger partial charge in [-0.3, -0.25) is 4.90 Å². The zero-order valence-electron chi connectivity index (χ0n) is 12.8. The number of nitrogens with zero attached hydrogens (tertiary/aromatic N) is 1. The Bertz CT molecular complexity index is 468. The molecule has 0 aromatic heterocycles. The van der Waals surface area contributed by atoms with Crippen LogP contribution in [0, 0.1) is 0 Å². The quantitative estimate of drug-likeness (QED) is 0.810. The van der Waals surface area contributed by atoms with Gasteiger partial charge in [0.25, 0.3) is 0 Å². The molecule has 4 nitrogen and oxygen atoms in total. The van der Waals surface area contributed by atoms with Crippen LogP contribution in [-0.4, -0.2) is 41.8 Å². The Morgan fingerprint density at radius 1 is 1.33 bits per heavy atom. The lowest BCUT2D eigenvalue weighted by Crippen LogP contribution is -2.38. The van der Waals surface area contributed by atoms with Crippen LogP contribution in [0.4, 0.5) is 0 Å². The molecule has 1 atom stereocenters. The molecule has 1 aliphatic heterocycles. The van der Waals surface area contributed by atoms with Crippen molar-refractivity contribution in [3.05, 3.63) is 23.8 Å². The molecule has 0 bridgehead atoms. The predicted octanol–water partition coefficient (Wildman–Crippen LogP) is 2.51. The number of phenolic OH excluding ortho intramolecular Hbond substituents is 1. The summed E-state index contributed by atoms with van der Waals surface area (Å²) >= 11 is 0. The van der Waals surface area contributed by atoms with E-state index in [0.717, 1.165) is 25.2 Å². The number of nitrogens with one attached hydrogen (secondary N) is 1. The standard InChI is InChI=1S/C17H26N2O2/c1-2-21-16-7-3-5-13(17(16)20)11-19(15-8-9-15)12-14-6-4-10-18-14/h3,5,7,14-15,18,20H,2,4,6,8-12H2,1H3. The summed E-state index contributed by atoms with van der Waals surface area (Å²) in [6.07, 6.45) is 5.14. The van der Waals surface area contributed by atoms with Crippen molar-refractivity contribution in [1.82, 2.24) is 10.2 Å². The van der Waals surface area contributed by atoms with Crippen LogP contribution in [-0.2, 0) is 6.54 Å². The summed E-state index contributed by atoms with van der Waals surface area (Å²) in [7, 11) is 0. The van der Waals surface area contributed by atoms with E-state index in [-0.39, 0.29) is 0 Å². The average Bonchev–Trinajstić information content (AvgIpc) is 3.21. The van der Waals surface area contributed by atoms with Gasteiger partial charge in [0.05, 0.1) is 6.61 Å². The lowest BCUT2D eigenvalue weighted by atomic mass is 10.1. The molecule has 116 valence electrons. The highest BCUT2D eigenvalue weighted by Crippen LogP contribution is 2.34. The Morgan fingerprint density at radius 3 is 2.86 bits per heavy atom. The summed E-state index contributed by atoms with van der Waals surface area (Å²) in [5, 5.41) is 13.9. The molecule has 1 aromatic rings. The van der Waals surface area contributed by atoms with Gasteiger partial charge in [0.1, 0.15) is 0 Å². The molecule has 2 aliphatic rings. The van der Waals surface area contributed by atoms with Gasteiger partial charge in [-0.1, -0.05) is 12.1 Å². The topological polar surface area (TPSA) is 44.7 Å². The van der Waals surface area contributed by atoms with E-state index >= 15 is 0 Å². The number of para-hydroxylation sites is 1. The van der Waals surface area contributed by atoms with Crippen LogP contribution in [0.2, 0.25) is 0 Å². The van der Waals surface area contributed by atoms with Gasteiger partial charge in [0, 0.05) is 30.7 Å². The Kier molecular flexibility index (Phi) is 4.66. The van der Waals surface area contributed by atoms with Crippen LogP contribution in [0.1, 0.15) is 38.2 Å². The normalized spacial score (nSPS) is 21.9. The van der Waals surface area contributed by atoms with E-state index in [2.05, 4.69) is 10.2 Å². The maximum Gasteiger partial charge on any atom is 0.162 e. The first kappa shape index (κ1) is 14.7. The minimum absolute atomic E-state index is 0.310. The van der Waals surface area contributed by atoms with Crippen molar-refractivity contribution >= 4 is 0 Å². The maximum atomic E-state index is 10.4. The van der Waals surface area contributed by atoms with E-state index < -0.39 is 0 Å².